The van der Waals surface area contributed by atoms with Gasteiger partial charge in [0.15, 0.2) is 0 Å². The molecule has 0 saturated heterocycles. The topological polar surface area (TPSA) is 40.7 Å². The van der Waals surface area contributed by atoms with Crippen LogP contribution in [0.2, 0.25) is 0 Å². The number of aromatic amines is 1. The standard InChI is InChI=1S/C14H19ClFN3/c1-14(2,6-3-7-15)9-17-13-18-11-5-4-10(16)8-12(11)19-13/h4-5,8H,3,6-7,9H2,1-2H3,(H2,17,18,19). The van der Waals surface area contributed by atoms with E-state index in [1.54, 1.807) is 6.07 Å². The first kappa shape index (κ1) is 14.1. The van der Waals surface area contributed by atoms with Crippen LogP contribution < -0.4 is 5.32 Å². The summed E-state index contributed by atoms with van der Waals surface area (Å²) in [6.07, 6.45) is 2.06. The molecule has 0 aliphatic heterocycles. The van der Waals surface area contributed by atoms with E-state index in [-0.39, 0.29) is 11.2 Å². The highest BCUT2D eigenvalue weighted by atomic mass is 35.5. The van der Waals surface area contributed by atoms with Crippen molar-refractivity contribution in [2.45, 2.75) is 26.7 Å². The summed E-state index contributed by atoms with van der Waals surface area (Å²) in [4.78, 5) is 7.45. The lowest BCUT2D eigenvalue weighted by Gasteiger charge is -2.24. The average molecular weight is 284 g/mol. The Morgan fingerprint density at radius 1 is 1.42 bits per heavy atom. The van der Waals surface area contributed by atoms with Crippen LogP contribution in [0.5, 0.6) is 0 Å². The van der Waals surface area contributed by atoms with E-state index in [9.17, 15) is 4.39 Å². The molecule has 0 spiro atoms. The highest BCUT2D eigenvalue weighted by molar-refractivity contribution is 6.17. The second-order valence-electron chi connectivity index (χ2n) is 5.56. The Bertz CT molecular complexity index is 551. The van der Waals surface area contributed by atoms with Crippen LogP contribution in [0.3, 0.4) is 0 Å². The number of alkyl halides is 1. The maximum absolute atomic E-state index is 13.1. The Morgan fingerprint density at radius 2 is 2.21 bits per heavy atom. The van der Waals surface area contributed by atoms with E-state index in [4.69, 9.17) is 11.6 Å². The Hall–Kier alpha value is -1.29. The first-order valence-electron chi connectivity index (χ1n) is 6.45. The molecule has 0 atom stereocenters. The van der Waals surface area contributed by atoms with Crippen molar-refractivity contribution in [3.05, 3.63) is 24.0 Å². The van der Waals surface area contributed by atoms with E-state index >= 15 is 0 Å². The van der Waals surface area contributed by atoms with Crippen molar-refractivity contribution in [1.29, 1.82) is 0 Å². The first-order chi connectivity index (χ1) is 9.00. The molecule has 2 aromatic rings. The fraction of sp³-hybridized carbons (Fsp3) is 0.500. The van der Waals surface area contributed by atoms with Crippen LogP contribution in [-0.4, -0.2) is 22.4 Å². The minimum atomic E-state index is -0.259. The number of nitrogens with zero attached hydrogens (tertiary/aromatic N) is 1. The number of nitrogens with one attached hydrogen (secondary N) is 2. The molecule has 104 valence electrons. The van der Waals surface area contributed by atoms with Gasteiger partial charge in [-0.25, -0.2) is 9.37 Å². The van der Waals surface area contributed by atoms with Gasteiger partial charge in [-0.1, -0.05) is 13.8 Å². The second-order valence-corrected chi connectivity index (χ2v) is 5.94. The number of rotatable bonds is 6. The molecule has 0 aliphatic carbocycles. The summed E-state index contributed by atoms with van der Waals surface area (Å²) in [5.41, 5.74) is 1.63. The molecule has 3 nitrogen and oxygen atoms in total. The predicted molar refractivity (Wildman–Crippen MR) is 78.3 cm³/mol. The molecule has 2 N–H and O–H groups in total. The van der Waals surface area contributed by atoms with E-state index < -0.39 is 0 Å². The summed E-state index contributed by atoms with van der Waals surface area (Å²) in [5.74, 6) is 1.11. The highest BCUT2D eigenvalue weighted by Crippen LogP contribution is 2.23. The first-order valence-corrected chi connectivity index (χ1v) is 6.99. The van der Waals surface area contributed by atoms with E-state index in [1.807, 2.05) is 0 Å². The Morgan fingerprint density at radius 3 is 2.95 bits per heavy atom. The van der Waals surface area contributed by atoms with Gasteiger partial charge in [0.05, 0.1) is 11.0 Å². The molecule has 19 heavy (non-hydrogen) atoms. The molecule has 0 aliphatic rings. The molecule has 5 heteroatoms. The minimum Gasteiger partial charge on any atom is -0.355 e. The summed E-state index contributed by atoms with van der Waals surface area (Å²) in [5, 5.41) is 3.27. The van der Waals surface area contributed by atoms with E-state index in [0.29, 0.717) is 17.3 Å². The lowest BCUT2D eigenvalue weighted by molar-refractivity contribution is 0.355. The van der Waals surface area contributed by atoms with Crippen LogP contribution >= 0.6 is 11.6 Å². The lowest BCUT2D eigenvalue weighted by Crippen LogP contribution is -2.23. The Balaban J connectivity index is 2.01. The zero-order valence-electron chi connectivity index (χ0n) is 11.3. The van der Waals surface area contributed by atoms with E-state index in [2.05, 4.69) is 29.1 Å². The van der Waals surface area contributed by atoms with Crippen molar-refractivity contribution in [3.8, 4) is 0 Å². The number of H-pyrrole nitrogens is 1. The maximum Gasteiger partial charge on any atom is 0.201 e. The summed E-state index contributed by atoms with van der Waals surface area (Å²) >= 11 is 5.72. The highest BCUT2D eigenvalue weighted by Gasteiger charge is 2.17. The molecule has 2 rings (SSSR count). The van der Waals surface area contributed by atoms with Gasteiger partial charge in [-0.05, 0) is 36.5 Å². The molecule has 1 aromatic carbocycles. The number of hydrogen-bond acceptors (Lipinski definition) is 2. The van der Waals surface area contributed by atoms with Crippen molar-refractivity contribution in [3.63, 3.8) is 0 Å². The molecular formula is C14H19ClFN3. The molecule has 0 bridgehead atoms. The number of imidazole rings is 1. The number of fused-ring (bicyclic) bond motifs is 1. The van der Waals surface area contributed by atoms with Crippen LogP contribution in [0.15, 0.2) is 18.2 Å². The van der Waals surface area contributed by atoms with Crippen molar-refractivity contribution in [2.75, 3.05) is 17.7 Å². The second kappa shape index (κ2) is 5.78. The zero-order chi connectivity index (χ0) is 13.9. The van der Waals surface area contributed by atoms with Gasteiger partial charge in [-0.3, -0.25) is 0 Å². The van der Waals surface area contributed by atoms with Crippen molar-refractivity contribution in [1.82, 2.24) is 9.97 Å². The van der Waals surface area contributed by atoms with Gasteiger partial charge in [0.2, 0.25) is 5.95 Å². The Labute approximate surface area is 117 Å². The monoisotopic (exact) mass is 283 g/mol. The van der Waals surface area contributed by atoms with Gasteiger partial charge in [-0.15, -0.1) is 11.6 Å². The number of aromatic nitrogens is 2. The number of halogens is 2. The molecule has 0 radical (unpaired) electrons. The number of benzene rings is 1. The third kappa shape index (κ3) is 3.83. The third-order valence-corrected chi connectivity index (χ3v) is 3.43. The van der Waals surface area contributed by atoms with Crippen LogP contribution in [0.4, 0.5) is 10.3 Å². The normalized spacial score (nSPS) is 12.0. The molecule has 0 unspecified atom stereocenters. The largest absolute Gasteiger partial charge is 0.355 e. The van der Waals surface area contributed by atoms with Crippen LogP contribution in [-0.2, 0) is 0 Å². The molecular weight excluding hydrogens is 265 g/mol. The summed E-state index contributed by atoms with van der Waals surface area (Å²) in [7, 11) is 0. The summed E-state index contributed by atoms with van der Waals surface area (Å²) < 4.78 is 13.1. The lowest BCUT2D eigenvalue weighted by atomic mass is 9.88. The van der Waals surface area contributed by atoms with Gasteiger partial charge < -0.3 is 10.3 Å². The van der Waals surface area contributed by atoms with Crippen molar-refractivity contribution in [2.24, 2.45) is 5.41 Å². The molecule has 0 fully saturated rings. The van der Waals surface area contributed by atoms with Crippen molar-refractivity contribution >= 4 is 28.6 Å². The Kier molecular flexibility index (Phi) is 4.30. The summed E-state index contributed by atoms with van der Waals surface area (Å²) in [6, 6.07) is 4.54. The third-order valence-electron chi connectivity index (χ3n) is 3.17. The molecule has 1 aromatic heterocycles. The molecule has 0 amide bonds. The number of anilines is 1. The van der Waals surface area contributed by atoms with Gasteiger partial charge in [0.25, 0.3) is 0 Å². The van der Waals surface area contributed by atoms with Crippen LogP contribution in [0.1, 0.15) is 26.7 Å². The SMILES string of the molecule is CC(C)(CCCCl)CNc1nc2ccc(F)cc2[nH]1. The fourth-order valence-electron chi connectivity index (χ4n) is 2.02. The minimum absolute atomic E-state index is 0.152. The van der Waals surface area contributed by atoms with Crippen LogP contribution in [0, 0.1) is 11.2 Å². The van der Waals surface area contributed by atoms with E-state index in [1.165, 1.54) is 12.1 Å². The van der Waals surface area contributed by atoms with Gasteiger partial charge >= 0.3 is 0 Å². The van der Waals surface area contributed by atoms with Gasteiger partial charge in [0.1, 0.15) is 5.82 Å². The smallest absolute Gasteiger partial charge is 0.201 e. The van der Waals surface area contributed by atoms with Gasteiger partial charge in [-0.2, -0.15) is 0 Å². The number of hydrogen-bond donors (Lipinski definition) is 2. The quantitative estimate of drug-likeness (QED) is 0.782. The predicted octanol–water partition coefficient (Wildman–Crippen LogP) is 4.16. The maximum atomic E-state index is 13.1. The fourth-order valence-corrected chi connectivity index (χ4v) is 2.16. The van der Waals surface area contributed by atoms with Crippen LogP contribution in [0.25, 0.3) is 11.0 Å². The summed E-state index contributed by atoms with van der Waals surface area (Å²) in [6.45, 7) is 5.18. The average Bonchev–Trinajstić information content (AvgIpc) is 2.76. The van der Waals surface area contributed by atoms with Crippen molar-refractivity contribution < 1.29 is 4.39 Å². The molecule has 1 heterocycles. The van der Waals surface area contributed by atoms with Gasteiger partial charge in [0, 0.05) is 12.4 Å². The zero-order valence-corrected chi connectivity index (χ0v) is 12.0. The molecule has 0 saturated carbocycles. The van der Waals surface area contributed by atoms with E-state index in [0.717, 1.165) is 24.9 Å².